The van der Waals surface area contributed by atoms with Gasteiger partial charge in [0.1, 0.15) is 23.9 Å². The fourth-order valence-corrected chi connectivity index (χ4v) is 4.01. The van der Waals surface area contributed by atoms with Gasteiger partial charge in [0.05, 0.1) is 6.33 Å². The van der Waals surface area contributed by atoms with Gasteiger partial charge in [-0.05, 0) is 19.3 Å². The topological polar surface area (TPSA) is 161 Å². The second kappa shape index (κ2) is 12.1. The van der Waals surface area contributed by atoms with Crippen molar-refractivity contribution in [3.8, 4) is 0 Å². The number of carbonyl (C=O) groups is 3. The average Bonchev–Trinajstić information content (AvgIpc) is 3.34. The lowest BCUT2D eigenvalue weighted by Gasteiger charge is -2.25. The Morgan fingerprint density at radius 3 is 2.29 bits per heavy atom. The van der Waals surface area contributed by atoms with Crippen LogP contribution in [0.25, 0.3) is 11.2 Å². The number of fused-ring (bicyclic) bond motifs is 1. The van der Waals surface area contributed by atoms with Gasteiger partial charge < -0.3 is 29.7 Å². The molecule has 1 saturated heterocycles. The lowest BCUT2D eigenvalue weighted by molar-refractivity contribution is -0.169. The molecule has 192 valence electrons. The Morgan fingerprint density at radius 2 is 1.66 bits per heavy atom. The number of H-pyrrole nitrogens is 1. The maximum atomic E-state index is 12.5. The van der Waals surface area contributed by atoms with Crippen LogP contribution >= 0.6 is 12.2 Å². The van der Waals surface area contributed by atoms with Crippen molar-refractivity contribution in [3.05, 3.63) is 11.0 Å². The van der Waals surface area contributed by atoms with Crippen LogP contribution in [-0.4, -0.2) is 62.3 Å². The number of aromatic nitrogens is 4. The van der Waals surface area contributed by atoms with E-state index in [9.17, 15) is 14.4 Å². The molecule has 0 saturated carbocycles. The standard InChI is InChI=1S/C22H31N5O7S/c1-4-7-13(28)31-10-12-17(33-14(29)8-5-2)18(34-15(30)9-6-3)21(32-12)27-11-24-16-19(27)25-22(23)26-20(16)35/h11-12,17-18,21H,4-10H2,1-3H3,(H3,23,25,26,35)/t12-,17-,18-,21+/m0/s1. The van der Waals surface area contributed by atoms with Gasteiger partial charge in [-0.25, -0.2) is 9.97 Å². The summed E-state index contributed by atoms with van der Waals surface area (Å²) in [5.41, 5.74) is 6.61. The second-order valence-corrected chi connectivity index (χ2v) is 8.57. The Bertz CT molecular complexity index is 1120. The van der Waals surface area contributed by atoms with Gasteiger partial charge in [-0.2, -0.15) is 0 Å². The number of hydrogen-bond acceptors (Lipinski definition) is 11. The lowest BCUT2D eigenvalue weighted by Crippen LogP contribution is -2.41. The highest BCUT2D eigenvalue weighted by molar-refractivity contribution is 7.71. The first-order valence-electron chi connectivity index (χ1n) is 11.7. The molecule has 0 aliphatic carbocycles. The van der Waals surface area contributed by atoms with Crippen LogP contribution in [0.1, 0.15) is 65.5 Å². The Morgan fingerprint density at radius 1 is 1.06 bits per heavy atom. The first kappa shape index (κ1) is 26.5. The van der Waals surface area contributed by atoms with Crippen molar-refractivity contribution in [1.29, 1.82) is 0 Å². The van der Waals surface area contributed by atoms with E-state index in [0.29, 0.717) is 30.4 Å². The average molecular weight is 510 g/mol. The zero-order valence-corrected chi connectivity index (χ0v) is 20.8. The first-order chi connectivity index (χ1) is 16.8. The van der Waals surface area contributed by atoms with Crippen molar-refractivity contribution < 1.29 is 33.3 Å². The van der Waals surface area contributed by atoms with E-state index in [4.69, 9.17) is 36.9 Å². The molecule has 3 N–H and O–H groups in total. The van der Waals surface area contributed by atoms with Crippen molar-refractivity contribution >= 4 is 47.2 Å². The number of nitrogens with one attached hydrogen (secondary N) is 1. The molecule has 12 nitrogen and oxygen atoms in total. The number of nitrogen functional groups attached to an aromatic ring is 1. The number of nitrogens with zero attached hydrogens (tertiary/aromatic N) is 3. The third-order valence-electron chi connectivity index (χ3n) is 5.33. The summed E-state index contributed by atoms with van der Waals surface area (Å²) in [6, 6.07) is 0. The molecule has 4 atom stereocenters. The molecule has 0 radical (unpaired) electrons. The van der Waals surface area contributed by atoms with E-state index in [0.717, 1.165) is 0 Å². The monoisotopic (exact) mass is 509 g/mol. The van der Waals surface area contributed by atoms with Crippen molar-refractivity contribution in [3.63, 3.8) is 0 Å². The lowest BCUT2D eigenvalue weighted by atomic mass is 10.1. The molecule has 3 heterocycles. The summed E-state index contributed by atoms with van der Waals surface area (Å²) < 4.78 is 24.7. The van der Waals surface area contributed by atoms with Gasteiger partial charge >= 0.3 is 17.9 Å². The van der Waals surface area contributed by atoms with Crippen LogP contribution in [0.2, 0.25) is 0 Å². The molecular formula is C22H31N5O7S. The number of anilines is 1. The Balaban J connectivity index is 2.01. The molecule has 13 heteroatoms. The maximum absolute atomic E-state index is 12.5. The van der Waals surface area contributed by atoms with Gasteiger partial charge in [-0.1, -0.05) is 33.0 Å². The Kier molecular flexibility index (Phi) is 9.15. The van der Waals surface area contributed by atoms with Crippen LogP contribution in [0, 0.1) is 4.64 Å². The highest BCUT2D eigenvalue weighted by Gasteiger charge is 2.51. The van der Waals surface area contributed by atoms with Crippen molar-refractivity contribution in [1.82, 2.24) is 19.5 Å². The minimum absolute atomic E-state index is 0.0674. The van der Waals surface area contributed by atoms with Gasteiger partial charge in [0.25, 0.3) is 0 Å². The van der Waals surface area contributed by atoms with E-state index in [1.165, 1.54) is 6.33 Å². The van der Waals surface area contributed by atoms with Crippen molar-refractivity contribution in [2.45, 2.75) is 83.8 Å². The quantitative estimate of drug-likeness (QED) is 0.260. The van der Waals surface area contributed by atoms with Crippen LogP contribution in [0.4, 0.5) is 5.95 Å². The van der Waals surface area contributed by atoms with Crippen LogP contribution in [0.15, 0.2) is 6.33 Å². The molecule has 3 rings (SSSR count). The second-order valence-electron chi connectivity index (χ2n) is 8.18. The fourth-order valence-electron chi connectivity index (χ4n) is 3.76. The smallest absolute Gasteiger partial charge is 0.306 e. The fraction of sp³-hybridized carbons (Fsp3) is 0.636. The molecule has 0 aromatic carbocycles. The van der Waals surface area contributed by atoms with E-state index in [1.54, 1.807) is 4.57 Å². The summed E-state index contributed by atoms with van der Waals surface area (Å²) in [5, 5.41) is 0. The molecule has 0 spiro atoms. The molecular weight excluding hydrogens is 478 g/mol. The number of esters is 3. The molecule has 1 aliphatic rings. The van der Waals surface area contributed by atoms with Gasteiger partial charge in [0.2, 0.25) is 0 Å². The van der Waals surface area contributed by atoms with Crippen LogP contribution in [0.3, 0.4) is 0 Å². The summed E-state index contributed by atoms with van der Waals surface area (Å²) in [7, 11) is 0. The number of hydrogen-bond donors (Lipinski definition) is 2. The zero-order chi connectivity index (χ0) is 25.5. The highest BCUT2D eigenvalue weighted by atomic mass is 32.1. The number of aromatic amines is 1. The van der Waals surface area contributed by atoms with Gasteiger partial charge in [0.15, 0.2) is 29.0 Å². The SMILES string of the molecule is CCCC(=O)OC[C@@H]1O[C@@H](n2cnc3c(=S)nc(N)[nH]c32)[C@@H](OC(=O)CCC)[C@H]1OC(=O)CCC. The molecule has 0 unspecified atom stereocenters. The Hall–Kier alpha value is -3.06. The largest absolute Gasteiger partial charge is 0.463 e. The summed E-state index contributed by atoms with van der Waals surface area (Å²) in [6.45, 7) is 5.36. The number of ether oxygens (including phenoxy) is 4. The van der Waals surface area contributed by atoms with Gasteiger partial charge in [-0.3, -0.25) is 19.0 Å². The predicted octanol–water partition coefficient (Wildman–Crippen LogP) is 2.74. The van der Waals surface area contributed by atoms with E-state index in [2.05, 4.69) is 15.0 Å². The summed E-state index contributed by atoms with van der Waals surface area (Å²) in [4.78, 5) is 48.2. The van der Waals surface area contributed by atoms with E-state index >= 15 is 0 Å². The molecule has 2 aromatic rings. The highest BCUT2D eigenvalue weighted by Crippen LogP contribution is 2.36. The minimum Gasteiger partial charge on any atom is -0.463 e. The molecule has 2 aromatic heterocycles. The van der Waals surface area contributed by atoms with Crippen LogP contribution < -0.4 is 5.73 Å². The van der Waals surface area contributed by atoms with E-state index in [1.807, 2.05) is 20.8 Å². The number of rotatable bonds is 11. The van der Waals surface area contributed by atoms with E-state index in [-0.39, 0.29) is 36.5 Å². The van der Waals surface area contributed by atoms with Gasteiger partial charge in [0, 0.05) is 19.3 Å². The number of carbonyl (C=O) groups excluding carboxylic acids is 3. The summed E-state index contributed by atoms with van der Waals surface area (Å²) in [5.74, 6) is -1.30. The molecule has 1 aliphatic heterocycles. The zero-order valence-electron chi connectivity index (χ0n) is 20.0. The molecule has 0 bridgehead atoms. The predicted molar refractivity (Wildman–Crippen MR) is 126 cm³/mol. The van der Waals surface area contributed by atoms with Crippen LogP contribution in [0.5, 0.6) is 0 Å². The van der Waals surface area contributed by atoms with Crippen molar-refractivity contribution in [2.75, 3.05) is 12.3 Å². The van der Waals surface area contributed by atoms with Crippen LogP contribution in [-0.2, 0) is 33.3 Å². The maximum Gasteiger partial charge on any atom is 0.306 e. The van der Waals surface area contributed by atoms with E-state index < -0.39 is 42.4 Å². The first-order valence-corrected chi connectivity index (χ1v) is 12.1. The summed E-state index contributed by atoms with van der Waals surface area (Å²) in [6.07, 6.45) is -0.146. The minimum atomic E-state index is -1.04. The number of nitrogens with two attached hydrogens (primary N) is 1. The molecule has 0 amide bonds. The third-order valence-corrected chi connectivity index (χ3v) is 5.62. The van der Waals surface area contributed by atoms with Crippen molar-refractivity contribution in [2.24, 2.45) is 0 Å². The third kappa shape index (κ3) is 6.34. The summed E-state index contributed by atoms with van der Waals surface area (Å²) >= 11 is 5.25. The Labute approximate surface area is 207 Å². The van der Waals surface area contributed by atoms with Gasteiger partial charge in [-0.15, -0.1) is 0 Å². The number of imidazole rings is 1. The molecule has 35 heavy (non-hydrogen) atoms. The molecule has 1 fully saturated rings. The normalized spacial score (nSPS) is 21.7.